The van der Waals surface area contributed by atoms with Crippen LogP contribution in [0.3, 0.4) is 0 Å². The first-order chi connectivity index (χ1) is 13.4. The average Bonchev–Trinajstić information content (AvgIpc) is 2.66. The van der Waals surface area contributed by atoms with Gasteiger partial charge in [-0.2, -0.15) is 0 Å². The summed E-state index contributed by atoms with van der Waals surface area (Å²) in [5, 5.41) is 10.7. The molecule has 0 bridgehead atoms. The van der Waals surface area contributed by atoms with Crippen molar-refractivity contribution in [3.05, 3.63) is 77.6 Å². The van der Waals surface area contributed by atoms with Gasteiger partial charge in [0, 0.05) is 6.42 Å². The van der Waals surface area contributed by atoms with Gasteiger partial charge in [-0.25, -0.2) is 0 Å². The van der Waals surface area contributed by atoms with Crippen molar-refractivity contribution in [2.24, 2.45) is 10.4 Å². The number of benzene rings is 2. The van der Waals surface area contributed by atoms with Crippen LogP contribution < -0.4 is 4.74 Å². The average molecular weight is 375 g/mol. The Morgan fingerprint density at radius 1 is 1.07 bits per heavy atom. The molecule has 0 spiro atoms. The van der Waals surface area contributed by atoms with Gasteiger partial charge in [-0.3, -0.25) is 9.79 Å². The van der Waals surface area contributed by atoms with Crippen LogP contribution in [-0.2, 0) is 4.79 Å². The largest absolute Gasteiger partial charge is 0.507 e. The zero-order chi connectivity index (χ0) is 20.1. The maximum atomic E-state index is 12.8. The van der Waals surface area contributed by atoms with Crippen LogP contribution in [0.2, 0.25) is 0 Å². The van der Waals surface area contributed by atoms with E-state index in [1.54, 1.807) is 19.3 Å². The van der Waals surface area contributed by atoms with Gasteiger partial charge in [0.05, 0.1) is 24.1 Å². The smallest absolute Gasteiger partial charge is 0.168 e. The number of ether oxygens (including phenoxy) is 1. The molecule has 144 valence electrons. The Balaban J connectivity index is 2.00. The maximum Gasteiger partial charge on any atom is 0.168 e. The first-order valence-corrected chi connectivity index (χ1v) is 9.29. The summed E-state index contributed by atoms with van der Waals surface area (Å²) < 4.78 is 5.18. The summed E-state index contributed by atoms with van der Waals surface area (Å²) in [7, 11) is 1.61. The molecule has 1 saturated carbocycles. The molecule has 0 unspecified atom stereocenters. The van der Waals surface area contributed by atoms with Crippen molar-refractivity contribution >= 4 is 23.3 Å². The molecule has 3 rings (SSSR count). The molecule has 0 amide bonds. The number of carbonyl (C=O) groups is 1. The summed E-state index contributed by atoms with van der Waals surface area (Å²) in [6.45, 7) is 4.09. The van der Waals surface area contributed by atoms with Crippen molar-refractivity contribution in [2.45, 2.75) is 26.7 Å². The van der Waals surface area contributed by atoms with Gasteiger partial charge < -0.3 is 9.84 Å². The van der Waals surface area contributed by atoms with Crippen LogP contribution in [0.4, 0.5) is 5.69 Å². The summed E-state index contributed by atoms with van der Waals surface area (Å²) in [6, 6.07) is 17.0. The second-order valence-electron chi connectivity index (χ2n) is 7.70. The SMILES string of the molecule is COc1ccc(N=C2CC(C)(C)CC(=O)/C2=C(O)\C=C\c2ccccc2)cc1. The van der Waals surface area contributed by atoms with E-state index in [9.17, 15) is 9.90 Å². The normalized spacial score (nSPS) is 19.8. The number of aliphatic imine (C=N–C) groups is 1. The van der Waals surface area contributed by atoms with E-state index in [-0.39, 0.29) is 17.0 Å². The van der Waals surface area contributed by atoms with E-state index in [4.69, 9.17) is 4.74 Å². The molecule has 0 saturated heterocycles. The van der Waals surface area contributed by atoms with Crippen LogP contribution in [0.15, 0.2) is 77.0 Å². The van der Waals surface area contributed by atoms with Crippen molar-refractivity contribution in [3.8, 4) is 5.75 Å². The van der Waals surface area contributed by atoms with Gasteiger partial charge in [0.1, 0.15) is 11.5 Å². The summed E-state index contributed by atoms with van der Waals surface area (Å²) in [5.41, 5.74) is 2.39. The number of Topliss-reactive ketones (excluding diaryl/α,β-unsaturated/α-hetero) is 1. The quantitative estimate of drug-likeness (QED) is 0.552. The highest BCUT2D eigenvalue weighted by atomic mass is 16.5. The van der Waals surface area contributed by atoms with Crippen LogP contribution in [0.1, 0.15) is 32.3 Å². The molecule has 0 heterocycles. The first-order valence-electron chi connectivity index (χ1n) is 9.29. The van der Waals surface area contributed by atoms with E-state index in [2.05, 4.69) is 4.99 Å². The Labute approximate surface area is 165 Å². The van der Waals surface area contributed by atoms with Crippen molar-refractivity contribution in [1.82, 2.24) is 0 Å². The molecule has 1 fully saturated rings. The molecule has 28 heavy (non-hydrogen) atoms. The Kier molecular flexibility index (Phi) is 5.78. The molecule has 1 N–H and O–H groups in total. The number of methoxy groups -OCH3 is 1. The topological polar surface area (TPSA) is 58.9 Å². The van der Waals surface area contributed by atoms with Crippen molar-refractivity contribution < 1.29 is 14.6 Å². The van der Waals surface area contributed by atoms with E-state index < -0.39 is 0 Å². The van der Waals surface area contributed by atoms with Gasteiger partial charge in [-0.1, -0.05) is 50.3 Å². The molecule has 4 heteroatoms. The van der Waals surface area contributed by atoms with E-state index >= 15 is 0 Å². The third kappa shape index (κ3) is 4.77. The molecule has 0 aliphatic heterocycles. The summed E-state index contributed by atoms with van der Waals surface area (Å²) in [4.78, 5) is 17.5. The number of allylic oxidation sites excluding steroid dienone is 2. The third-order valence-corrected chi connectivity index (χ3v) is 4.68. The number of aliphatic hydroxyl groups excluding tert-OH is 1. The number of ketones is 1. The van der Waals surface area contributed by atoms with Crippen molar-refractivity contribution in [3.63, 3.8) is 0 Å². The minimum atomic E-state index is -0.199. The number of hydrogen-bond acceptors (Lipinski definition) is 4. The van der Waals surface area contributed by atoms with Gasteiger partial charge in [-0.15, -0.1) is 0 Å². The van der Waals surface area contributed by atoms with Crippen LogP contribution in [-0.4, -0.2) is 23.7 Å². The lowest BCUT2D eigenvalue weighted by molar-refractivity contribution is -0.117. The molecule has 2 aromatic rings. The van der Waals surface area contributed by atoms with Crippen LogP contribution in [0.25, 0.3) is 6.08 Å². The second-order valence-corrected chi connectivity index (χ2v) is 7.70. The second kappa shape index (κ2) is 8.26. The number of rotatable bonds is 4. The Morgan fingerprint density at radius 2 is 1.75 bits per heavy atom. The minimum Gasteiger partial charge on any atom is -0.507 e. The van der Waals surface area contributed by atoms with E-state index in [1.165, 1.54) is 0 Å². The van der Waals surface area contributed by atoms with E-state index in [0.717, 1.165) is 17.0 Å². The lowest BCUT2D eigenvalue weighted by Crippen LogP contribution is -2.32. The van der Waals surface area contributed by atoms with Crippen LogP contribution in [0.5, 0.6) is 5.75 Å². The predicted octanol–water partition coefficient (Wildman–Crippen LogP) is 5.68. The molecular formula is C24H25NO3. The minimum absolute atomic E-state index is 0.0448. The highest BCUT2D eigenvalue weighted by Crippen LogP contribution is 2.36. The summed E-state index contributed by atoms with van der Waals surface area (Å²) in [6.07, 6.45) is 4.36. The zero-order valence-electron chi connectivity index (χ0n) is 16.5. The molecule has 4 nitrogen and oxygen atoms in total. The van der Waals surface area contributed by atoms with E-state index in [1.807, 2.05) is 68.4 Å². The lowest BCUT2D eigenvalue weighted by Gasteiger charge is -2.31. The van der Waals surface area contributed by atoms with E-state index in [0.29, 0.717) is 24.1 Å². The fourth-order valence-electron chi connectivity index (χ4n) is 3.31. The molecule has 0 radical (unpaired) electrons. The molecular weight excluding hydrogens is 350 g/mol. The molecule has 1 aliphatic rings. The molecule has 1 aliphatic carbocycles. The monoisotopic (exact) mass is 375 g/mol. The summed E-state index contributed by atoms with van der Waals surface area (Å²) in [5.74, 6) is 0.615. The fraction of sp³-hybridized carbons (Fsp3) is 0.250. The van der Waals surface area contributed by atoms with Crippen LogP contribution in [0, 0.1) is 5.41 Å². The Bertz CT molecular complexity index is 936. The predicted molar refractivity (Wildman–Crippen MR) is 113 cm³/mol. The third-order valence-electron chi connectivity index (χ3n) is 4.68. The van der Waals surface area contributed by atoms with Crippen LogP contribution >= 0.6 is 0 Å². The van der Waals surface area contributed by atoms with Gasteiger partial charge in [0.2, 0.25) is 0 Å². The van der Waals surface area contributed by atoms with Crippen molar-refractivity contribution in [2.75, 3.05) is 7.11 Å². The van der Waals surface area contributed by atoms with Gasteiger partial charge >= 0.3 is 0 Å². The van der Waals surface area contributed by atoms with Gasteiger partial charge in [0.15, 0.2) is 5.78 Å². The van der Waals surface area contributed by atoms with Gasteiger partial charge in [0.25, 0.3) is 0 Å². The molecule has 0 aromatic heterocycles. The zero-order valence-corrected chi connectivity index (χ0v) is 16.5. The number of nitrogens with zero attached hydrogens (tertiary/aromatic N) is 1. The van der Waals surface area contributed by atoms with Crippen molar-refractivity contribution in [1.29, 1.82) is 0 Å². The highest BCUT2D eigenvalue weighted by Gasteiger charge is 2.36. The molecule has 0 atom stereocenters. The summed E-state index contributed by atoms with van der Waals surface area (Å²) >= 11 is 0. The Morgan fingerprint density at radius 3 is 2.39 bits per heavy atom. The van der Waals surface area contributed by atoms with Gasteiger partial charge in [-0.05, 0) is 47.7 Å². The highest BCUT2D eigenvalue weighted by molar-refractivity contribution is 6.25. The fourth-order valence-corrected chi connectivity index (χ4v) is 3.31. The lowest BCUT2D eigenvalue weighted by atomic mass is 9.73. The standard InChI is InChI=1S/C24H25NO3/c1-24(2)15-20(25-18-10-12-19(28-3)13-11-18)23(22(27)16-24)21(26)14-9-17-7-5-4-6-8-17/h4-14,26H,15-16H2,1-3H3/b14-9+,23-21+,25-20?. The number of hydrogen-bond donors (Lipinski definition) is 1. The maximum absolute atomic E-state index is 12.8. The Hall–Kier alpha value is -3.14. The number of carbonyl (C=O) groups excluding carboxylic acids is 1. The first kappa shape index (κ1) is 19.6. The molecule has 2 aromatic carbocycles. The number of aliphatic hydroxyl groups is 1.